The van der Waals surface area contributed by atoms with Crippen LogP contribution in [0.15, 0.2) is 18.6 Å². The fourth-order valence-electron chi connectivity index (χ4n) is 1.20. The van der Waals surface area contributed by atoms with E-state index in [1.807, 2.05) is 4.98 Å². The van der Waals surface area contributed by atoms with Crippen LogP contribution in [0.5, 0.6) is 0 Å². The number of imidazole rings is 1. The van der Waals surface area contributed by atoms with Crippen LogP contribution >= 0.6 is 0 Å². The Morgan fingerprint density at radius 3 is 2.56 bits per heavy atom. The van der Waals surface area contributed by atoms with Crippen LogP contribution in [-0.4, -0.2) is 31.0 Å². The number of aromatic amines is 1. The van der Waals surface area contributed by atoms with E-state index < -0.39 is 17.8 Å². The average molecular weight is 258 g/mol. The number of nitrogens with one attached hydrogen (secondary N) is 1. The summed E-state index contributed by atoms with van der Waals surface area (Å²) in [6.07, 6.45) is -3.00. The number of hydrogen-bond acceptors (Lipinski definition) is 4. The minimum atomic E-state index is -4.55. The van der Waals surface area contributed by atoms with Crippen molar-refractivity contribution in [2.24, 2.45) is 0 Å². The van der Waals surface area contributed by atoms with Gasteiger partial charge in [-0.05, 0) is 0 Å². The Bertz CT molecular complexity index is 593. The van der Waals surface area contributed by atoms with E-state index in [4.69, 9.17) is 5.11 Å². The fourth-order valence-corrected chi connectivity index (χ4v) is 1.20. The van der Waals surface area contributed by atoms with Crippen LogP contribution < -0.4 is 0 Å². The topological polar surface area (TPSA) is 91.8 Å². The smallest absolute Gasteiger partial charge is 0.432 e. The van der Waals surface area contributed by atoms with E-state index in [1.54, 1.807) is 0 Å². The molecule has 6 nitrogen and oxygen atoms in total. The Hall–Kier alpha value is -2.45. The second kappa shape index (κ2) is 4.09. The second-order valence-electron chi connectivity index (χ2n) is 3.24. The largest absolute Gasteiger partial charge is 0.477 e. The number of alkyl halides is 3. The highest BCUT2D eigenvalue weighted by molar-refractivity contribution is 5.86. The third-order valence-electron chi connectivity index (χ3n) is 2.01. The molecular formula is C9H5F3N4O2. The molecule has 94 valence electrons. The van der Waals surface area contributed by atoms with Crippen LogP contribution in [-0.2, 0) is 6.18 Å². The molecule has 0 atom stereocenters. The van der Waals surface area contributed by atoms with Gasteiger partial charge in [0.05, 0.1) is 6.20 Å². The maximum absolute atomic E-state index is 12.3. The Labute approximate surface area is 97.5 Å². The van der Waals surface area contributed by atoms with Crippen molar-refractivity contribution in [2.75, 3.05) is 0 Å². The highest BCUT2D eigenvalue weighted by atomic mass is 19.4. The molecule has 0 saturated heterocycles. The minimum Gasteiger partial charge on any atom is -0.477 e. The molecule has 2 rings (SSSR count). The number of carbonyl (C=O) groups is 1. The van der Waals surface area contributed by atoms with Gasteiger partial charge in [-0.2, -0.15) is 13.2 Å². The van der Waals surface area contributed by atoms with Gasteiger partial charge in [0, 0.05) is 6.07 Å². The summed E-state index contributed by atoms with van der Waals surface area (Å²) < 4.78 is 37.0. The first-order chi connectivity index (χ1) is 8.38. The van der Waals surface area contributed by atoms with Crippen LogP contribution in [0.2, 0.25) is 0 Å². The Morgan fingerprint density at radius 1 is 1.28 bits per heavy atom. The summed E-state index contributed by atoms with van der Waals surface area (Å²) in [5.74, 6) is -1.48. The first-order valence-corrected chi connectivity index (χ1v) is 4.56. The van der Waals surface area contributed by atoms with E-state index in [-0.39, 0.29) is 17.2 Å². The van der Waals surface area contributed by atoms with E-state index >= 15 is 0 Å². The first-order valence-electron chi connectivity index (χ1n) is 4.56. The third-order valence-corrected chi connectivity index (χ3v) is 2.01. The lowest BCUT2D eigenvalue weighted by molar-refractivity contribution is -0.140. The van der Waals surface area contributed by atoms with Crippen molar-refractivity contribution in [1.29, 1.82) is 0 Å². The zero-order chi connectivity index (χ0) is 13.3. The summed E-state index contributed by atoms with van der Waals surface area (Å²) in [5, 5.41) is 8.69. The Morgan fingerprint density at radius 2 is 2.00 bits per heavy atom. The molecule has 0 aliphatic rings. The van der Waals surface area contributed by atoms with Gasteiger partial charge < -0.3 is 10.1 Å². The maximum Gasteiger partial charge on any atom is 0.432 e. The SMILES string of the molecule is O=C(O)c1cc(-c2ncc(C(F)(F)F)[nH]2)ncn1. The van der Waals surface area contributed by atoms with Crippen molar-refractivity contribution in [2.45, 2.75) is 6.18 Å². The number of halogens is 3. The molecule has 0 aromatic carbocycles. The highest BCUT2D eigenvalue weighted by Gasteiger charge is 2.33. The van der Waals surface area contributed by atoms with Gasteiger partial charge >= 0.3 is 12.1 Å². The average Bonchev–Trinajstić information content (AvgIpc) is 2.78. The van der Waals surface area contributed by atoms with E-state index in [1.165, 1.54) is 0 Å². The number of hydrogen-bond donors (Lipinski definition) is 2. The van der Waals surface area contributed by atoms with Crippen molar-refractivity contribution in [3.63, 3.8) is 0 Å². The molecule has 0 aliphatic carbocycles. The molecule has 9 heteroatoms. The highest BCUT2D eigenvalue weighted by Crippen LogP contribution is 2.28. The van der Waals surface area contributed by atoms with Gasteiger partial charge in [0.25, 0.3) is 0 Å². The summed E-state index contributed by atoms with van der Waals surface area (Å²) in [7, 11) is 0. The van der Waals surface area contributed by atoms with Crippen molar-refractivity contribution in [3.8, 4) is 11.5 Å². The third kappa shape index (κ3) is 2.29. The van der Waals surface area contributed by atoms with Crippen molar-refractivity contribution >= 4 is 5.97 Å². The van der Waals surface area contributed by atoms with Crippen molar-refractivity contribution < 1.29 is 23.1 Å². The van der Waals surface area contributed by atoms with Gasteiger partial charge in [-0.3, -0.25) is 0 Å². The van der Waals surface area contributed by atoms with Gasteiger partial charge in [0.15, 0.2) is 11.5 Å². The van der Waals surface area contributed by atoms with Gasteiger partial charge in [-0.1, -0.05) is 0 Å². The fraction of sp³-hybridized carbons (Fsp3) is 0.111. The Kier molecular flexibility index (Phi) is 2.73. The Balaban J connectivity index is 2.40. The lowest BCUT2D eigenvalue weighted by atomic mass is 10.3. The van der Waals surface area contributed by atoms with Crippen molar-refractivity contribution in [3.05, 3.63) is 30.0 Å². The molecule has 0 aliphatic heterocycles. The molecule has 2 aromatic heterocycles. The molecule has 2 N–H and O–H groups in total. The molecule has 2 aromatic rings. The quantitative estimate of drug-likeness (QED) is 0.853. The van der Waals surface area contributed by atoms with E-state index in [0.29, 0.717) is 6.20 Å². The molecule has 0 saturated carbocycles. The molecule has 2 heterocycles. The molecule has 0 unspecified atom stereocenters. The predicted molar refractivity (Wildman–Crippen MR) is 51.6 cm³/mol. The van der Waals surface area contributed by atoms with Gasteiger partial charge in [0.1, 0.15) is 17.7 Å². The standard InChI is InChI=1S/C9H5F3N4O2/c10-9(11,12)6-2-13-7(16-6)4-1-5(8(17)18)15-3-14-4/h1-3H,(H,13,16)(H,17,18). The first kappa shape index (κ1) is 12.0. The van der Waals surface area contributed by atoms with Crippen LogP contribution in [0.25, 0.3) is 11.5 Å². The lowest BCUT2D eigenvalue weighted by Crippen LogP contribution is -2.05. The minimum absolute atomic E-state index is 0.0297. The van der Waals surface area contributed by atoms with E-state index in [9.17, 15) is 18.0 Å². The second-order valence-corrected chi connectivity index (χ2v) is 3.24. The summed E-state index contributed by atoms with van der Waals surface area (Å²) in [6.45, 7) is 0. The monoisotopic (exact) mass is 258 g/mol. The van der Waals surface area contributed by atoms with Gasteiger partial charge in [0.2, 0.25) is 0 Å². The van der Waals surface area contributed by atoms with Gasteiger partial charge in [-0.25, -0.2) is 19.7 Å². The molecule has 0 radical (unpaired) electrons. The van der Waals surface area contributed by atoms with Crippen LogP contribution in [0, 0.1) is 0 Å². The number of aromatic carboxylic acids is 1. The molecule has 0 bridgehead atoms. The van der Waals surface area contributed by atoms with Gasteiger partial charge in [-0.15, -0.1) is 0 Å². The summed E-state index contributed by atoms with van der Waals surface area (Å²) in [4.78, 5) is 23.3. The van der Waals surface area contributed by atoms with Crippen LogP contribution in [0.3, 0.4) is 0 Å². The number of carboxylic acid groups (broad SMARTS) is 1. The predicted octanol–water partition coefficient (Wildman–Crippen LogP) is 1.58. The number of H-pyrrole nitrogens is 1. The zero-order valence-corrected chi connectivity index (χ0v) is 8.56. The molecule has 18 heavy (non-hydrogen) atoms. The number of aromatic nitrogens is 4. The number of carboxylic acids is 1. The molecule has 0 fully saturated rings. The lowest BCUT2D eigenvalue weighted by Gasteiger charge is -2.01. The van der Waals surface area contributed by atoms with E-state index in [0.717, 1.165) is 12.4 Å². The summed E-state index contributed by atoms with van der Waals surface area (Å²) in [6, 6.07) is 1.03. The number of nitrogens with zero attached hydrogens (tertiary/aromatic N) is 3. The molecule has 0 spiro atoms. The zero-order valence-electron chi connectivity index (χ0n) is 8.56. The molecule has 0 amide bonds. The van der Waals surface area contributed by atoms with Crippen LogP contribution in [0.1, 0.15) is 16.2 Å². The maximum atomic E-state index is 12.3. The van der Waals surface area contributed by atoms with Crippen LogP contribution in [0.4, 0.5) is 13.2 Å². The van der Waals surface area contributed by atoms with E-state index in [2.05, 4.69) is 15.0 Å². The summed E-state index contributed by atoms with van der Waals surface area (Å²) in [5.41, 5.74) is -1.39. The normalized spacial score (nSPS) is 11.5. The summed E-state index contributed by atoms with van der Waals surface area (Å²) >= 11 is 0. The molecular weight excluding hydrogens is 253 g/mol. The van der Waals surface area contributed by atoms with Crippen molar-refractivity contribution in [1.82, 2.24) is 19.9 Å². The number of rotatable bonds is 2.